The molecule has 1 heterocycles. The van der Waals surface area contributed by atoms with Gasteiger partial charge in [-0.05, 0) is 18.2 Å². The predicted molar refractivity (Wildman–Crippen MR) is 50.8 cm³/mol. The maximum Gasteiger partial charge on any atom is 0.251 e. The van der Waals surface area contributed by atoms with Crippen LogP contribution in [0.2, 0.25) is 0 Å². The lowest BCUT2D eigenvalue weighted by Crippen LogP contribution is -2.33. The van der Waals surface area contributed by atoms with Crippen molar-refractivity contribution < 1.29 is 9.18 Å². The molecule has 0 bridgehead atoms. The van der Waals surface area contributed by atoms with E-state index in [4.69, 9.17) is 0 Å². The van der Waals surface area contributed by atoms with Crippen LogP contribution in [0.3, 0.4) is 0 Å². The number of carbonyl (C=O) groups is 1. The third kappa shape index (κ3) is 1.46. The molecule has 1 fully saturated rings. The minimum Gasteiger partial charge on any atom is -0.296 e. The number of nitrogens with one attached hydrogen (secondary N) is 1. The Hall–Kier alpha value is -1.84. The van der Waals surface area contributed by atoms with Gasteiger partial charge in [-0.25, -0.2) is 9.40 Å². The largest absolute Gasteiger partial charge is 0.296 e. The number of hydrogen-bond acceptors (Lipinski definition) is 2. The van der Waals surface area contributed by atoms with E-state index in [9.17, 15) is 9.18 Å². The molecule has 0 unspecified atom stereocenters. The zero-order chi connectivity index (χ0) is 10.1. The van der Waals surface area contributed by atoms with E-state index in [1.807, 2.05) is 0 Å². The third-order valence-electron chi connectivity index (χ3n) is 1.95. The molecule has 72 valence electrons. The van der Waals surface area contributed by atoms with Crippen LogP contribution in [-0.2, 0) is 4.79 Å². The quantitative estimate of drug-likeness (QED) is 0.732. The molecule has 1 aliphatic rings. The number of amides is 1. The number of anilines is 1. The third-order valence-corrected chi connectivity index (χ3v) is 1.95. The van der Waals surface area contributed by atoms with Crippen LogP contribution in [0.4, 0.5) is 10.1 Å². The first kappa shape index (κ1) is 8.74. The molecule has 1 amide bonds. The lowest BCUT2D eigenvalue weighted by Gasteiger charge is -2.15. The molecular weight excluding hydrogens is 183 g/mol. The van der Waals surface area contributed by atoms with Crippen LogP contribution in [0.5, 0.6) is 0 Å². The van der Waals surface area contributed by atoms with Crippen LogP contribution in [-0.4, -0.2) is 5.91 Å². The van der Waals surface area contributed by atoms with E-state index in [2.05, 4.69) is 12.0 Å². The van der Waals surface area contributed by atoms with Gasteiger partial charge in [0.15, 0.2) is 0 Å². The van der Waals surface area contributed by atoms with Crippen LogP contribution < -0.4 is 10.4 Å². The maximum atomic E-state index is 12.9. The topological polar surface area (TPSA) is 32.3 Å². The molecule has 0 saturated carbocycles. The van der Waals surface area contributed by atoms with Gasteiger partial charge in [-0.1, -0.05) is 12.6 Å². The van der Waals surface area contributed by atoms with Crippen molar-refractivity contribution in [2.24, 2.45) is 0 Å². The highest BCUT2D eigenvalue weighted by Crippen LogP contribution is 2.20. The first-order valence-electron chi connectivity index (χ1n) is 4.20. The average molecular weight is 192 g/mol. The van der Waals surface area contributed by atoms with Gasteiger partial charge in [-0.3, -0.25) is 10.2 Å². The van der Waals surface area contributed by atoms with E-state index in [0.717, 1.165) is 0 Å². The Morgan fingerprint density at radius 3 is 2.86 bits per heavy atom. The molecule has 4 heteroatoms. The molecule has 0 atom stereocenters. The summed E-state index contributed by atoms with van der Waals surface area (Å²) in [6, 6.07) is 5.84. The van der Waals surface area contributed by atoms with Crippen molar-refractivity contribution in [1.29, 1.82) is 0 Å². The summed E-state index contributed by atoms with van der Waals surface area (Å²) in [5.74, 6) is -0.491. The summed E-state index contributed by atoms with van der Waals surface area (Å²) in [5, 5.41) is 1.30. The van der Waals surface area contributed by atoms with Gasteiger partial charge in [0.2, 0.25) is 0 Å². The van der Waals surface area contributed by atoms with Crippen LogP contribution in [0, 0.1) is 5.82 Å². The smallest absolute Gasteiger partial charge is 0.251 e. The van der Waals surface area contributed by atoms with Gasteiger partial charge in [0.1, 0.15) is 5.82 Å². The fourth-order valence-electron chi connectivity index (χ4n) is 1.35. The van der Waals surface area contributed by atoms with Crippen LogP contribution >= 0.6 is 0 Å². The molecule has 2 rings (SSSR count). The second-order valence-corrected chi connectivity index (χ2v) is 3.10. The number of benzene rings is 1. The SMILES string of the molecule is C=C1CC(=O)N(c2cccc(F)c2)N1. The molecule has 0 spiro atoms. The fourth-order valence-corrected chi connectivity index (χ4v) is 1.35. The Morgan fingerprint density at radius 1 is 1.50 bits per heavy atom. The van der Waals surface area contributed by atoms with Crippen molar-refractivity contribution in [2.45, 2.75) is 6.42 Å². The summed E-state index contributed by atoms with van der Waals surface area (Å²) in [6.45, 7) is 3.64. The summed E-state index contributed by atoms with van der Waals surface area (Å²) in [4.78, 5) is 11.4. The summed E-state index contributed by atoms with van der Waals surface area (Å²) in [7, 11) is 0. The number of carbonyl (C=O) groups excluding carboxylic acids is 1. The van der Waals surface area contributed by atoms with E-state index < -0.39 is 0 Å². The van der Waals surface area contributed by atoms with E-state index in [0.29, 0.717) is 11.4 Å². The second-order valence-electron chi connectivity index (χ2n) is 3.10. The standard InChI is InChI=1S/C10H9FN2O/c1-7-5-10(14)13(12-7)9-4-2-3-8(11)6-9/h2-4,6,12H,1,5H2. The van der Waals surface area contributed by atoms with Crippen LogP contribution in [0.15, 0.2) is 36.5 Å². The van der Waals surface area contributed by atoms with Crippen molar-refractivity contribution in [3.8, 4) is 0 Å². The molecule has 1 aliphatic heterocycles. The van der Waals surface area contributed by atoms with Gasteiger partial charge in [0.05, 0.1) is 12.1 Å². The highest BCUT2D eigenvalue weighted by molar-refractivity contribution is 5.96. The predicted octanol–water partition coefficient (Wildman–Crippen LogP) is 1.58. The average Bonchev–Trinajstić information content (AvgIpc) is 2.45. The first-order chi connectivity index (χ1) is 6.66. The van der Waals surface area contributed by atoms with E-state index >= 15 is 0 Å². The van der Waals surface area contributed by atoms with Gasteiger partial charge in [-0.15, -0.1) is 0 Å². The van der Waals surface area contributed by atoms with Gasteiger partial charge in [-0.2, -0.15) is 0 Å². The van der Waals surface area contributed by atoms with Gasteiger partial charge in [0, 0.05) is 5.70 Å². The van der Waals surface area contributed by atoms with Crippen molar-refractivity contribution in [2.75, 3.05) is 5.01 Å². The Kier molecular flexibility index (Phi) is 1.96. The minimum atomic E-state index is -0.366. The lowest BCUT2D eigenvalue weighted by atomic mass is 10.3. The summed E-state index contributed by atoms with van der Waals surface area (Å²) in [6.07, 6.45) is 0.260. The highest BCUT2D eigenvalue weighted by Gasteiger charge is 2.24. The minimum absolute atomic E-state index is 0.124. The monoisotopic (exact) mass is 192 g/mol. The highest BCUT2D eigenvalue weighted by atomic mass is 19.1. The van der Waals surface area contributed by atoms with Gasteiger partial charge < -0.3 is 0 Å². The number of hydrazine groups is 1. The molecule has 1 saturated heterocycles. The normalized spacial score (nSPS) is 15.9. The molecule has 1 N–H and O–H groups in total. The van der Waals surface area contributed by atoms with Gasteiger partial charge in [0.25, 0.3) is 5.91 Å². The van der Waals surface area contributed by atoms with E-state index in [1.165, 1.54) is 17.1 Å². The van der Waals surface area contributed by atoms with Crippen LogP contribution in [0.25, 0.3) is 0 Å². The molecule has 1 aromatic rings. The zero-order valence-corrected chi connectivity index (χ0v) is 7.46. The maximum absolute atomic E-state index is 12.9. The molecule has 0 radical (unpaired) electrons. The summed E-state index contributed by atoms with van der Waals surface area (Å²) >= 11 is 0. The van der Waals surface area contributed by atoms with E-state index in [-0.39, 0.29) is 18.1 Å². The number of hydrogen-bond donors (Lipinski definition) is 1. The van der Waals surface area contributed by atoms with Crippen molar-refractivity contribution in [1.82, 2.24) is 5.43 Å². The lowest BCUT2D eigenvalue weighted by molar-refractivity contribution is -0.117. The van der Waals surface area contributed by atoms with Crippen molar-refractivity contribution in [3.05, 3.63) is 42.4 Å². The van der Waals surface area contributed by atoms with E-state index in [1.54, 1.807) is 12.1 Å². The summed E-state index contributed by atoms with van der Waals surface area (Å²) < 4.78 is 12.9. The fraction of sp³-hybridized carbons (Fsp3) is 0.100. The molecule has 0 aromatic heterocycles. The summed E-state index contributed by atoms with van der Waals surface area (Å²) in [5.41, 5.74) is 3.89. The molecule has 0 aliphatic carbocycles. The Labute approximate surface area is 80.8 Å². The number of halogens is 1. The van der Waals surface area contributed by atoms with Crippen molar-refractivity contribution >= 4 is 11.6 Å². The first-order valence-corrected chi connectivity index (χ1v) is 4.20. The Bertz CT molecular complexity index is 403. The molecule has 1 aromatic carbocycles. The number of rotatable bonds is 1. The second kappa shape index (κ2) is 3.14. The number of nitrogens with zero attached hydrogens (tertiary/aromatic N) is 1. The molecular formula is C10H9FN2O. The Morgan fingerprint density at radius 2 is 2.29 bits per heavy atom. The molecule has 14 heavy (non-hydrogen) atoms. The van der Waals surface area contributed by atoms with Gasteiger partial charge >= 0.3 is 0 Å². The zero-order valence-electron chi connectivity index (χ0n) is 7.46. The molecule has 3 nitrogen and oxygen atoms in total. The van der Waals surface area contributed by atoms with Crippen LogP contribution in [0.1, 0.15) is 6.42 Å². The Balaban J connectivity index is 2.31. The van der Waals surface area contributed by atoms with Crippen molar-refractivity contribution in [3.63, 3.8) is 0 Å².